The van der Waals surface area contributed by atoms with Crippen molar-refractivity contribution in [2.75, 3.05) is 6.61 Å². The molecular formula is C13H19F4NO7S. The first-order chi connectivity index (χ1) is 11.9. The molecule has 26 heavy (non-hydrogen) atoms. The highest BCUT2D eigenvalue weighted by Crippen LogP contribution is 2.39. The molecule has 1 aliphatic rings. The van der Waals surface area contributed by atoms with Crippen LogP contribution in [-0.2, 0) is 28.6 Å². The minimum absolute atomic E-state index is 0.0879. The van der Waals surface area contributed by atoms with E-state index in [0.717, 1.165) is 0 Å². The van der Waals surface area contributed by atoms with Gasteiger partial charge in [0, 0.05) is 19.3 Å². The van der Waals surface area contributed by atoms with Gasteiger partial charge < -0.3 is 14.8 Å². The molecule has 1 N–H and O–H groups in total. The molecule has 0 aliphatic heterocycles. The Hall–Kier alpha value is -1.63. The topological polar surface area (TPSA) is 108 Å². The summed E-state index contributed by atoms with van der Waals surface area (Å²) < 4.78 is 85.3. The number of nitrogens with one attached hydrogen (secondary N) is 1. The van der Waals surface area contributed by atoms with Gasteiger partial charge in [0.15, 0.2) is 0 Å². The Labute approximate surface area is 147 Å². The number of amides is 1. The van der Waals surface area contributed by atoms with Crippen LogP contribution in [0.2, 0.25) is 0 Å². The quantitative estimate of drug-likeness (QED) is 0.283. The normalized spacial score (nSPS) is 24.3. The number of esters is 1. The van der Waals surface area contributed by atoms with Crippen LogP contribution in [0.25, 0.3) is 0 Å². The molecule has 1 aliphatic carbocycles. The van der Waals surface area contributed by atoms with Crippen LogP contribution in [0.4, 0.5) is 22.4 Å². The first-order valence-corrected chi connectivity index (χ1v) is 9.07. The molecule has 0 aromatic rings. The Bertz CT molecular complexity index is 616. The summed E-state index contributed by atoms with van der Waals surface area (Å²) >= 11 is 0. The number of rotatable bonds is 8. The number of alkyl carbamates (subject to hydrolysis) is 1. The Morgan fingerprint density at radius 3 is 2.31 bits per heavy atom. The minimum Gasteiger partial charge on any atom is -0.464 e. The molecule has 1 fully saturated rings. The fraction of sp³-hybridized carbons (Fsp3) is 0.846. The van der Waals surface area contributed by atoms with Gasteiger partial charge in [-0.05, 0) is 13.3 Å². The molecule has 1 atom stereocenters. The third kappa shape index (κ3) is 5.43. The molecule has 1 amide bonds. The molecule has 1 rings (SSSR count). The maximum atomic E-state index is 13.3. The van der Waals surface area contributed by atoms with Gasteiger partial charge in [0.2, 0.25) is 6.36 Å². The molecule has 0 radical (unpaired) electrons. The van der Waals surface area contributed by atoms with E-state index in [9.17, 15) is 35.6 Å². The highest BCUT2D eigenvalue weighted by molar-refractivity contribution is 7.87. The predicted molar refractivity (Wildman–Crippen MR) is 77.9 cm³/mol. The van der Waals surface area contributed by atoms with E-state index in [1.807, 2.05) is 5.32 Å². The van der Waals surface area contributed by atoms with Crippen LogP contribution >= 0.6 is 0 Å². The van der Waals surface area contributed by atoms with Crippen LogP contribution in [-0.4, -0.2) is 50.6 Å². The van der Waals surface area contributed by atoms with Crippen molar-refractivity contribution in [1.29, 1.82) is 0 Å². The molecule has 1 unspecified atom stereocenters. The van der Waals surface area contributed by atoms with E-state index in [2.05, 4.69) is 8.92 Å². The SMILES string of the molecule is CCCC(F)OC(=O)NC1(C(=O)OCC)CC(OS(=O)(=O)C(F)(F)F)C1. The van der Waals surface area contributed by atoms with Gasteiger partial charge in [-0.15, -0.1) is 0 Å². The lowest BCUT2D eigenvalue weighted by molar-refractivity contribution is -0.160. The summed E-state index contributed by atoms with van der Waals surface area (Å²) in [6, 6.07) is 0. The summed E-state index contributed by atoms with van der Waals surface area (Å²) in [5, 5.41) is 2.03. The van der Waals surface area contributed by atoms with Crippen molar-refractivity contribution >= 4 is 22.2 Å². The number of alkyl halides is 4. The molecule has 13 heteroatoms. The van der Waals surface area contributed by atoms with Gasteiger partial charge >= 0.3 is 27.7 Å². The lowest BCUT2D eigenvalue weighted by atomic mass is 9.74. The van der Waals surface area contributed by atoms with Crippen molar-refractivity contribution < 1.29 is 49.2 Å². The van der Waals surface area contributed by atoms with Gasteiger partial charge in [-0.25, -0.2) is 14.0 Å². The van der Waals surface area contributed by atoms with Crippen LogP contribution in [0.1, 0.15) is 39.5 Å². The first kappa shape index (κ1) is 22.4. The van der Waals surface area contributed by atoms with Gasteiger partial charge in [0.1, 0.15) is 5.54 Å². The lowest BCUT2D eigenvalue weighted by Gasteiger charge is -2.44. The van der Waals surface area contributed by atoms with E-state index in [-0.39, 0.29) is 13.0 Å². The van der Waals surface area contributed by atoms with E-state index >= 15 is 0 Å². The lowest BCUT2D eigenvalue weighted by Crippen LogP contribution is -2.65. The third-order valence-electron chi connectivity index (χ3n) is 3.46. The van der Waals surface area contributed by atoms with Crippen molar-refractivity contribution in [3.63, 3.8) is 0 Å². The fourth-order valence-electron chi connectivity index (χ4n) is 2.24. The zero-order valence-electron chi connectivity index (χ0n) is 14.0. The molecule has 8 nitrogen and oxygen atoms in total. The van der Waals surface area contributed by atoms with Crippen LogP contribution in [0.5, 0.6) is 0 Å². The van der Waals surface area contributed by atoms with Crippen LogP contribution in [0, 0.1) is 0 Å². The predicted octanol–water partition coefficient (Wildman–Crippen LogP) is 2.14. The fourth-order valence-corrected chi connectivity index (χ4v) is 2.84. The number of carbonyl (C=O) groups excluding carboxylic acids is 2. The Balaban J connectivity index is 2.78. The summed E-state index contributed by atoms with van der Waals surface area (Å²) in [6.45, 7) is 2.98. The first-order valence-electron chi connectivity index (χ1n) is 7.66. The monoisotopic (exact) mass is 409 g/mol. The summed E-state index contributed by atoms with van der Waals surface area (Å²) in [5.74, 6) is -1.02. The second-order valence-electron chi connectivity index (χ2n) is 5.56. The van der Waals surface area contributed by atoms with Gasteiger partial charge in [0.05, 0.1) is 12.7 Å². The zero-order valence-corrected chi connectivity index (χ0v) is 14.8. The summed E-state index contributed by atoms with van der Waals surface area (Å²) in [6.07, 6.45) is -5.70. The highest BCUT2D eigenvalue weighted by atomic mass is 32.2. The van der Waals surface area contributed by atoms with Gasteiger partial charge in [0.25, 0.3) is 0 Å². The Morgan fingerprint density at radius 2 is 1.85 bits per heavy atom. The molecule has 0 aromatic heterocycles. The summed E-state index contributed by atoms with van der Waals surface area (Å²) in [7, 11) is -5.86. The Kier molecular flexibility index (Phi) is 7.22. The molecule has 1 saturated carbocycles. The number of halogens is 4. The smallest absolute Gasteiger partial charge is 0.464 e. The number of ether oxygens (including phenoxy) is 2. The van der Waals surface area contributed by atoms with Crippen molar-refractivity contribution in [2.45, 2.75) is 63.0 Å². The van der Waals surface area contributed by atoms with Gasteiger partial charge in [-0.3, -0.25) is 4.18 Å². The van der Waals surface area contributed by atoms with E-state index in [1.165, 1.54) is 6.92 Å². The van der Waals surface area contributed by atoms with E-state index in [4.69, 9.17) is 4.74 Å². The number of carbonyl (C=O) groups is 2. The summed E-state index contributed by atoms with van der Waals surface area (Å²) in [4.78, 5) is 23.7. The van der Waals surface area contributed by atoms with E-state index in [0.29, 0.717) is 6.42 Å². The average molecular weight is 409 g/mol. The second-order valence-corrected chi connectivity index (χ2v) is 7.12. The van der Waals surface area contributed by atoms with E-state index in [1.54, 1.807) is 6.92 Å². The van der Waals surface area contributed by atoms with Crippen LogP contribution < -0.4 is 5.32 Å². The molecular weight excluding hydrogens is 390 g/mol. The summed E-state index contributed by atoms with van der Waals surface area (Å²) in [5.41, 5.74) is -7.48. The molecule has 0 bridgehead atoms. The molecule has 152 valence electrons. The maximum absolute atomic E-state index is 13.3. The molecule has 0 aromatic carbocycles. The maximum Gasteiger partial charge on any atom is 0.523 e. The van der Waals surface area contributed by atoms with Crippen molar-refractivity contribution in [3.8, 4) is 0 Å². The largest absolute Gasteiger partial charge is 0.523 e. The highest BCUT2D eigenvalue weighted by Gasteiger charge is 2.58. The van der Waals surface area contributed by atoms with Crippen molar-refractivity contribution in [1.82, 2.24) is 5.32 Å². The number of hydrogen-bond donors (Lipinski definition) is 1. The minimum atomic E-state index is -5.86. The standard InChI is InChI=1S/C13H19F4NO7S/c1-3-5-9(14)24-11(20)18-12(10(19)23-4-2)6-8(7-12)25-26(21,22)13(15,16)17/h8-9H,3-7H2,1-2H3,(H,18,20). The van der Waals surface area contributed by atoms with Crippen molar-refractivity contribution in [3.05, 3.63) is 0 Å². The van der Waals surface area contributed by atoms with Crippen LogP contribution in [0.15, 0.2) is 0 Å². The molecule has 0 saturated heterocycles. The van der Waals surface area contributed by atoms with Crippen LogP contribution in [0.3, 0.4) is 0 Å². The molecule has 0 heterocycles. The average Bonchev–Trinajstić information content (AvgIpc) is 2.43. The van der Waals surface area contributed by atoms with Crippen molar-refractivity contribution in [2.24, 2.45) is 0 Å². The zero-order chi connectivity index (χ0) is 20.2. The van der Waals surface area contributed by atoms with Gasteiger partial charge in [-0.1, -0.05) is 6.92 Å². The van der Waals surface area contributed by atoms with E-state index < -0.39 is 58.5 Å². The second kappa shape index (κ2) is 8.37. The van der Waals surface area contributed by atoms with Gasteiger partial charge in [-0.2, -0.15) is 21.6 Å². The number of hydrogen-bond acceptors (Lipinski definition) is 7. The Morgan fingerprint density at radius 1 is 1.27 bits per heavy atom. The third-order valence-corrected chi connectivity index (χ3v) is 4.55. The molecule has 0 spiro atoms.